The van der Waals surface area contributed by atoms with E-state index in [0.29, 0.717) is 12.7 Å². The van der Waals surface area contributed by atoms with E-state index >= 15 is 0 Å². The number of aldehydes is 1. The van der Waals surface area contributed by atoms with Crippen LogP contribution in [0, 0.1) is 11.8 Å². The van der Waals surface area contributed by atoms with Crippen molar-refractivity contribution in [3.8, 4) is 0 Å². The van der Waals surface area contributed by atoms with E-state index in [1.807, 2.05) is 6.92 Å². The van der Waals surface area contributed by atoms with Gasteiger partial charge in [0.05, 0.1) is 43.0 Å². The summed E-state index contributed by atoms with van der Waals surface area (Å²) in [6.45, 7) is 9.73. The Bertz CT molecular complexity index is 1130. The van der Waals surface area contributed by atoms with E-state index in [1.54, 1.807) is 51.9 Å². The molecule has 0 aromatic carbocycles. The predicted molar refractivity (Wildman–Crippen MR) is 177 cm³/mol. The summed E-state index contributed by atoms with van der Waals surface area (Å²) in [6, 6.07) is -0.741. The van der Waals surface area contributed by atoms with Crippen LogP contribution >= 0.6 is 0 Å². The number of hydrogen-bond acceptors (Lipinski definition) is 15. The van der Waals surface area contributed by atoms with Gasteiger partial charge >= 0.3 is 11.9 Å². The molecule has 0 bridgehead atoms. The Kier molecular flexibility index (Phi) is 15.8. The van der Waals surface area contributed by atoms with E-state index in [9.17, 15) is 34.8 Å². The Labute approximate surface area is 295 Å². The number of cyclic esters (lactones) is 1. The normalized spacial score (nSPS) is 44.5. The fourth-order valence-corrected chi connectivity index (χ4v) is 7.31. The number of methoxy groups -OCH3 is 1. The fourth-order valence-electron chi connectivity index (χ4n) is 7.31. The number of rotatable bonds is 9. The second-order valence-corrected chi connectivity index (χ2v) is 14.5. The summed E-state index contributed by atoms with van der Waals surface area (Å²) in [6.07, 6.45) is -7.54. The van der Waals surface area contributed by atoms with Crippen molar-refractivity contribution in [3.05, 3.63) is 12.2 Å². The average Bonchev–Trinajstić information content (AvgIpc) is 2.99. The van der Waals surface area contributed by atoms with Crippen LogP contribution in [0.5, 0.6) is 0 Å². The summed E-state index contributed by atoms with van der Waals surface area (Å²) < 4.78 is 41.6. The van der Waals surface area contributed by atoms with Gasteiger partial charge < -0.3 is 63.3 Å². The van der Waals surface area contributed by atoms with Gasteiger partial charge in [0.1, 0.15) is 36.3 Å². The largest absolute Gasteiger partial charge is 0.462 e. The van der Waals surface area contributed by atoms with Gasteiger partial charge in [0.2, 0.25) is 0 Å². The molecule has 15 heteroatoms. The standard InChI is InChI=1S/C35H59NO14/c1-18-15-23(13-14-37)31(32(44-9)25(40)16-26(41)45-19(2)11-10-12-24(18)39)50-34-29(42)28(36(7)8)30(20(3)47-34)49-27-17-35(6,43)33(21(4)46-27)48-22(5)38/h10,12,14,18-21,23-25,27-34,39-40,42-43H,11,13,15-17H2,1-9H3/b12-10+/t18-,19-,20-,21+,23+,24+,25-,27+,28-,29-,30-,31?,32+,33+,34+,35-/m1/s1. The van der Waals surface area contributed by atoms with Crippen LogP contribution in [0.15, 0.2) is 12.2 Å². The SMILES string of the molecule is CO[C@@H]1C(O[C@@H]2O[C@H](C)[C@@H](O[C@H]3C[C@@](C)(O)[C@@H](OC(C)=O)[C@H](C)O3)[C@H](N(C)C)[C@H]2O)[C@@H](CC=O)C[C@@H](C)[C@@H](O)/C=C/C[C@@H](C)OC(=O)C[C@H]1O. The predicted octanol–water partition coefficient (Wildman–Crippen LogP) is 0.860. The third-order valence-electron chi connectivity index (χ3n) is 9.86. The van der Waals surface area contributed by atoms with Gasteiger partial charge in [-0.15, -0.1) is 0 Å². The van der Waals surface area contributed by atoms with Crippen molar-refractivity contribution in [2.24, 2.45) is 11.8 Å². The van der Waals surface area contributed by atoms with Crippen LogP contribution in [-0.2, 0) is 47.5 Å². The minimum Gasteiger partial charge on any atom is -0.462 e. The maximum atomic E-state index is 12.8. The van der Waals surface area contributed by atoms with Gasteiger partial charge in [-0.25, -0.2) is 0 Å². The maximum Gasteiger partial charge on any atom is 0.308 e. The van der Waals surface area contributed by atoms with Crippen molar-refractivity contribution in [1.29, 1.82) is 0 Å². The highest BCUT2D eigenvalue weighted by Gasteiger charge is 2.52. The molecule has 288 valence electrons. The molecule has 1 unspecified atom stereocenters. The summed E-state index contributed by atoms with van der Waals surface area (Å²) in [4.78, 5) is 38.2. The number of likely N-dealkylation sites (N-methyl/N-ethyl adjacent to an activating group) is 1. The lowest BCUT2D eigenvalue weighted by molar-refractivity contribution is -0.344. The molecule has 3 heterocycles. The number of aliphatic hydroxyl groups excluding tert-OH is 3. The van der Waals surface area contributed by atoms with Gasteiger partial charge in [0.25, 0.3) is 0 Å². The average molecular weight is 718 g/mol. The first kappa shape index (κ1) is 42.4. The van der Waals surface area contributed by atoms with E-state index < -0.39 is 110 Å². The van der Waals surface area contributed by atoms with E-state index in [4.69, 9.17) is 33.2 Å². The molecule has 3 rings (SSSR count). The Hall–Kier alpha value is -2.05. The molecule has 16 atom stereocenters. The van der Waals surface area contributed by atoms with Gasteiger partial charge in [0.15, 0.2) is 18.7 Å². The third kappa shape index (κ3) is 11.0. The molecule has 15 nitrogen and oxygen atoms in total. The molecule has 0 amide bonds. The monoisotopic (exact) mass is 717 g/mol. The molecule has 3 aliphatic rings. The van der Waals surface area contributed by atoms with Crippen molar-refractivity contribution in [3.63, 3.8) is 0 Å². The van der Waals surface area contributed by atoms with Crippen LogP contribution in [-0.4, -0.2) is 150 Å². The van der Waals surface area contributed by atoms with E-state index in [2.05, 4.69) is 0 Å². The molecule has 0 aromatic heterocycles. The second kappa shape index (κ2) is 18.6. The highest BCUT2D eigenvalue weighted by atomic mass is 16.7. The van der Waals surface area contributed by atoms with E-state index in [1.165, 1.54) is 21.0 Å². The number of hydrogen-bond donors (Lipinski definition) is 4. The lowest BCUT2D eigenvalue weighted by atomic mass is 9.82. The number of carbonyl (C=O) groups excluding carboxylic acids is 3. The van der Waals surface area contributed by atoms with Crippen molar-refractivity contribution >= 4 is 18.2 Å². The molecular formula is C35H59NO14. The molecule has 0 aliphatic carbocycles. The number of aliphatic hydroxyl groups is 4. The summed E-state index contributed by atoms with van der Waals surface area (Å²) in [5.74, 6) is -2.20. The number of esters is 2. The Morgan fingerprint density at radius 1 is 1.06 bits per heavy atom. The molecule has 0 aromatic rings. The van der Waals surface area contributed by atoms with Crippen molar-refractivity contribution < 1.29 is 68.0 Å². The summed E-state index contributed by atoms with van der Waals surface area (Å²) in [7, 11) is 4.84. The molecule has 0 saturated carbocycles. The number of carbonyl (C=O) groups is 3. The van der Waals surface area contributed by atoms with Gasteiger partial charge in [-0.1, -0.05) is 19.1 Å². The molecule has 0 spiro atoms. The second-order valence-electron chi connectivity index (χ2n) is 14.5. The molecule has 50 heavy (non-hydrogen) atoms. The van der Waals surface area contributed by atoms with Crippen LogP contribution < -0.4 is 0 Å². The lowest BCUT2D eigenvalue weighted by Crippen LogP contribution is -2.66. The molecule has 2 saturated heterocycles. The van der Waals surface area contributed by atoms with E-state index in [0.717, 1.165) is 0 Å². The molecule has 3 aliphatic heterocycles. The Morgan fingerprint density at radius 3 is 2.32 bits per heavy atom. The summed E-state index contributed by atoms with van der Waals surface area (Å²) in [5.41, 5.74) is -1.47. The first-order valence-electron chi connectivity index (χ1n) is 17.4. The van der Waals surface area contributed by atoms with Gasteiger partial charge in [-0.3, -0.25) is 9.59 Å². The minimum atomic E-state index is -1.47. The molecule has 0 radical (unpaired) electrons. The van der Waals surface area contributed by atoms with Crippen molar-refractivity contribution in [2.75, 3.05) is 21.2 Å². The minimum absolute atomic E-state index is 0.0298. The van der Waals surface area contributed by atoms with Gasteiger partial charge in [0, 0.05) is 33.3 Å². The highest BCUT2D eigenvalue weighted by molar-refractivity contribution is 5.70. The maximum absolute atomic E-state index is 12.8. The van der Waals surface area contributed by atoms with E-state index in [-0.39, 0.29) is 25.2 Å². The summed E-state index contributed by atoms with van der Waals surface area (Å²) in [5, 5.41) is 45.2. The lowest BCUT2D eigenvalue weighted by Gasteiger charge is -2.50. The zero-order chi connectivity index (χ0) is 37.5. The van der Waals surface area contributed by atoms with Crippen LogP contribution in [0.25, 0.3) is 0 Å². The Balaban J connectivity index is 1.91. The van der Waals surface area contributed by atoms with Gasteiger partial charge in [-0.2, -0.15) is 0 Å². The quantitative estimate of drug-likeness (QED) is 0.149. The number of ether oxygens (including phenoxy) is 7. The van der Waals surface area contributed by atoms with Crippen LogP contribution in [0.2, 0.25) is 0 Å². The fraction of sp³-hybridized carbons (Fsp3) is 0.857. The van der Waals surface area contributed by atoms with Crippen LogP contribution in [0.4, 0.5) is 0 Å². The van der Waals surface area contributed by atoms with Crippen LogP contribution in [0.3, 0.4) is 0 Å². The zero-order valence-electron chi connectivity index (χ0n) is 30.7. The number of nitrogens with zero attached hydrogens (tertiary/aromatic N) is 1. The first-order valence-corrected chi connectivity index (χ1v) is 17.4. The molecular weight excluding hydrogens is 658 g/mol. The van der Waals surface area contributed by atoms with Crippen molar-refractivity contribution in [1.82, 2.24) is 4.90 Å². The van der Waals surface area contributed by atoms with Gasteiger partial charge in [-0.05, 0) is 60.0 Å². The van der Waals surface area contributed by atoms with Crippen molar-refractivity contribution in [2.45, 2.75) is 159 Å². The topological polar surface area (TPSA) is 200 Å². The Morgan fingerprint density at radius 2 is 1.74 bits per heavy atom. The first-order chi connectivity index (χ1) is 23.4. The zero-order valence-corrected chi connectivity index (χ0v) is 30.7. The smallest absolute Gasteiger partial charge is 0.308 e. The molecule has 4 N–H and O–H groups in total. The molecule has 2 fully saturated rings. The summed E-state index contributed by atoms with van der Waals surface area (Å²) >= 11 is 0. The third-order valence-corrected chi connectivity index (χ3v) is 9.86. The highest BCUT2D eigenvalue weighted by Crippen LogP contribution is 2.37. The van der Waals surface area contributed by atoms with Crippen LogP contribution in [0.1, 0.15) is 73.6 Å².